The van der Waals surface area contributed by atoms with E-state index in [1.165, 1.54) is 10.9 Å². The Bertz CT molecular complexity index is 969. The highest BCUT2D eigenvalue weighted by atomic mass is 16.6. The maximum Gasteiger partial charge on any atom is 0.409 e. The molecular formula is C17H26N6O5. The lowest BCUT2D eigenvalue weighted by Crippen LogP contribution is -2.51. The van der Waals surface area contributed by atoms with E-state index in [0.29, 0.717) is 50.5 Å². The third-order valence-electron chi connectivity index (χ3n) is 4.96. The molecule has 1 N–H and O–H groups in total. The molecule has 3 heterocycles. The van der Waals surface area contributed by atoms with Crippen molar-refractivity contribution in [2.75, 3.05) is 39.3 Å². The van der Waals surface area contributed by atoms with E-state index >= 15 is 0 Å². The lowest BCUT2D eigenvalue weighted by molar-refractivity contribution is 0.0525. The van der Waals surface area contributed by atoms with Crippen molar-refractivity contribution in [2.24, 2.45) is 14.1 Å². The number of aryl methyl sites for hydroxylation is 2. The Balaban J connectivity index is 1.67. The van der Waals surface area contributed by atoms with E-state index in [9.17, 15) is 19.5 Å². The van der Waals surface area contributed by atoms with Crippen molar-refractivity contribution < 1.29 is 14.6 Å². The molecule has 28 heavy (non-hydrogen) atoms. The Morgan fingerprint density at radius 3 is 2.54 bits per heavy atom. The van der Waals surface area contributed by atoms with E-state index in [4.69, 9.17) is 4.74 Å². The van der Waals surface area contributed by atoms with Gasteiger partial charge in [0.2, 0.25) is 0 Å². The molecule has 154 valence electrons. The maximum atomic E-state index is 12.7. The molecule has 0 bridgehead atoms. The average Bonchev–Trinajstić information content (AvgIpc) is 3.06. The van der Waals surface area contributed by atoms with Crippen LogP contribution in [0.15, 0.2) is 15.9 Å². The number of β-amino-alcohol motifs (C(OH)–C–C–N with tert-alkyl or cyclic N) is 1. The van der Waals surface area contributed by atoms with Gasteiger partial charge in [-0.15, -0.1) is 0 Å². The van der Waals surface area contributed by atoms with Crippen LogP contribution in [0.1, 0.15) is 6.92 Å². The van der Waals surface area contributed by atoms with Crippen molar-refractivity contribution in [2.45, 2.75) is 19.6 Å². The topological polar surface area (TPSA) is 115 Å². The summed E-state index contributed by atoms with van der Waals surface area (Å²) in [5, 5.41) is 10.5. The number of hydrogen-bond acceptors (Lipinski definition) is 7. The summed E-state index contributed by atoms with van der Waals surface area (Å²) in [6, 6.07) is 0. The van der Waals surface area contributed by atoms with Crippen LogP contribution < -0.4 is 11.2 Å². The van der Waals surface area contributed by atoms with Gasteiger partial charge in [0.05, 0.1) is 25.6 Å². The van der Waals surface area contributed by atoms with Gasteiger partial charge in [-0.05, 0) is 6.92 Å². The number of hydrogen-bond donors (Lipinski definition) is 1. The number of ether oxygens (including phenoxy) is 1. The number of carbonyl (C=O) groups excluding carboxylic acids is 1. The minimum absolute atomic E-state index is 0.106. The minimum atomic E-state index is -0.898. The molecule has 11 nitrogen and oxygen atoms in total. The number of aliphatic hydroxyl groups excluding tert-OH is 1. The smallest absolute Gasteiger partial charge is 0.409 e. The van der Waals surface area contributed by atoms with Crippen LogP contribution in [0.3, 0.4) is 0 Å². The van der Waals surface area contributed by atoms with Crippen molar-refractivity contribution in [1.29, 1.82) is 0 Å². The number of nitrogens with zero attached hydrogens (tertiary/aromatic N) is 6. The molecule has 1 saturated heterocycles. The van der Waals surface area contributed by atoms with Crippen LogP contribution in [-0.2, 0) is 25.4 Å². The Kier molecular flexibility index (Phi) is 5.84. The Morgan fingerprint density at radius 2 is 1.89 bits per heavy atom. The first-order valence-electron chi connectivity index (χ1n) is 9.26. The molecule has 0 unspecified atom stereocenters. The average molecular weight is 394 g/mol. The molecule has 1 aliphatic rings. The monoisotopic (exact) mass is 394 g/mol. The van der Waals surface area contributed by atoms with Crippen molar-refractivity contribution >= 4 is 17.3 Å². The third-order valence-corrected chi connectivity index (χ3v) is 4.96. The van der Waals surface area contributed by atoms with Crippen molar-refractivity contribution in [3.05, 3.63) is 27.2 Å². The highest BCUT2D eigenvalue weighted by Gasteiger charge is 2.24. The van der Waals surface area contributed by atoms with Crippen LogP contribution in [0, 0.1) is 0 Å². The van der Waals surface area contributed by atoms with Crippen LogP contribution in [0.25, 0.3) is 11.2 Å². The minimum Gasteiger partial charge on any atom is -0.450 e. The van der Waals surface area contributed by atoms with Gasteiger partial charge in [0.15, 0.2) is 11.2 Å². The standard InChI is InChI=1S/C17H26N6O5/c1-4-28-17(27)22-7-5-21(6-8-22)9-12(24)10-23-15(25)13-14(18-11-19(13)2)20(3)16(23)26/h11-12,24H,4-10H2,1-3H3/t12-/m0/s1. The molecule has 1 fully saturated rings. The van der Waals surface area contributed by atoms with E-state index in [1.807, 2.05) is 4.90 Å². The van der Waals surface area contributed by atoms with Crippen LogP contribution in [0.2, 0.25) is 0 Å². The van der Waals surface area contributed by atoms with Gasteiger partial charge in [-0.2, -0.15) is 0 Å². The molecule has 2 aromatic heterocycles. The zero-order valence-electron chi connectivity index (χ0n) is 16.4. The van der Waals surface area contributed by atoms with Crippen LogP contribution in [0.5, 0.6) is 0 Å². The summed E-state index contributed by atoms with van der Waals surface area (Å²) in [7, 11) is 3.24. The molecule has 0 saturated carbocycles. The predicted octanol–water partition coefficient (Wildman–Crippen LogP) is -1.43. The van der Waals surface area contributed by atoms with Gasteiger partial charge in [-0.25, -0.2) is 14.6 Å². The molecule has 0 spiro atoms. The van der Waals surface area contributed by atoms with Gasteiger partial charge in [0, 0.05) is 46.8 Å². The fourth-order valence-electron chi connectivity index (χ4n) is 3.45. The number of aromatic nitrogens is 4. The number of amides is 1. The van der Waals surface area contributed by atoms with Crippen molar-refractivity contribution in [1.82, 2.24) is 28.5 Å². The molecule has 11 heteroatoms. The molecular weight excluding hydrogens is 368 g/mol. The summed E-state index contributed by atoms with van der Waals surface area (Å²) in [5.74, 6) is 0. The summed E-state index contributed by atoms with van der Waals surface area (Å²) in [5.41, 5.74) is -0.345. The van der Waals surface area contributed by atoms with Crippen LogP contribution in [0.4, 0.5) is 4.79 Å². The quantitative estimate of drug-likeness (QED) is 0.661. The number of fused-ring (bicyclic) bond motifs is 1. The molecule has 0 aliphatic carbocycles. The van der Waals surface area contributed by atoms with E-state index < -0.39 is 17.4 Å². The third kappa shape index (κ3) is 3.80. The first-order valence-corrected chi connectivity index (χ1v) is 9.26. The molecule has 2 aromatic rings. The Labute approximate surface area is 161 Å². The zero-order chi connectivity index (χ0) is 20.4. The van der Waals surface area contributed by atoms with Crippen molar-refractivity contribution in [3.63, 3.8) is 0 Å². The van der Waals surface area contributed by atoms with Crippen LogP contribution >= 0.6 is 0 Å². The number of piperazine rings is 1. The zero-order valence-corrected chi connectivity index (χ0v) is 16.4. The van der Waals surface area contributed by atoms with Gasteiger partial charge >= 0.3 is 11.8 Å². The fourth-order valence-corrected chi connectivity index (χ4v) is 3.45. The second-order valence-electron chi connectivity index (χ2n) is 6.93. The van der Waals surface area contributed by atoms with Gasteiger partial charge < -0.3 is 19.3 Å². The van der Waals surface area contributed by atoms with Crippen LogP contribution in [-0.4, -0.2) is 85.1 Å². The molecule has 1 amide bonds. The Morgan fingerprint density at radius 1 is 1.21 bits per heavy atom. The highest BCUT2D eigenvalue weighted by Crippen LogP contribution is 2.06. The van der Waals surface area contributed by atoms with Gasteiger partial charge in [-0.1, -0.05) is 0 Å². The lowest BCUT2D eigenvalue weighted by Gasteiger charge is -2.34. The highest BCUT2D eigenvalue weighted by molar-refractivity contribution is 5.69. The molecule has 3 rings (SSSR count). The molecule has 1 atom stereocenters. The molecule has 0 radical (unpaired) electrons. The fraction of sp³-hybridized carbons (Fsp3) is 0.647. The van der Waals surface area contributed by atoms with E-state index in [1.54, 1.807) is 30.5 Å². The maximum absolute atomic E-state index is 12.7. The lowest BCUT2D eigenvalue weighted by atomic mass is 10.2. The number of carbonyl (C=O) groups is 1. The molecule has 1 aliphatic heterocycles. The first-order chi connectivity index (χ1) is 13.3. The number of aliphatic hydroxyl groups is 1. The summed E-state index contributed by atoms with van der Waals surface area (Å²) in [6.07, 6.45) is 0.252. The largest absolute Gasteiger partial charge is 0.450 e. The second kappa shape index (κ2) is 8.15. The van der Waals surface area contributed by atoms with Gasteiger partial charge in [0.25, 0.3) is 5.56 Å². The number of imidazole rings is 1. The van der Waals surface area contributed by atoms with Gasteiger partial charge in [-0.3, -0.25) is 18.8 Å². The summed E-state index contributed by atoms with van der Waals surface area (Å²) >= 11 is 0. The van der Waals surface area contributed by atoms with Crippen molar-refractivity contribution in [3.8, 4) is 0 Å². The second-order valence-corrected chi connectivity index (χ2v) is 6.93. The Hall–Kier alpha value is -2.66. The van der Waals surface area contributed by atoms with Gasteiger partial charge in [0.1, 0.15) is 0 Å². The summed E-state index contributed by atoms with van der Waals surface area (Å²) in [4.78, 5) is 44.7. The first kappa shape index (κ1) is 20.1. The predicted molar refractivity (Wildman–Crippen MR) is 101 cm³/mol. The number of rotatable bonds is 5. The normalized spacial score (nSPS) is 16.5. The van der Waals surface area contributed by atoms with E-state index in [2.05, 4.69) is 4.98 Å². The summed E-state index contributed by atoms with van der Waals surface area (Å²) in [6.45, 7) is 4.48. The summed E-state index contributed by atoms with van der Waals surface area (Å²) < 4.78 is 8.91. The SMILES string of the molecule is CCOC(=O)N1CCN(C[C@H](O)Cn2c(=O)c3c(ncn3C)n(C)c2=O)CC1. The van der Waals surface area contributed by atoms with E-state index in [-0.39, 0.29) is 12.6 Å². The van der Waals surface area contributed by atoms with E-state index in [0.717, 1.165) is 4.57 Å². The molecule has 0 aromatic carbocycles.